The lowest BCUT2D eigenvalue weighted by molar-refractivity contribution is 0.103. The zero-order valence-corrected chi connectivity index (χ0v) is 11.6. The number of benzene rings is 2. The van der Waals surface area contributed by atoms with Gasteiger partial charge in [-0.25, -0.2) is 0 Å². The van der Waals surface area contributed by atoms with Crippen molar-refractivity contribution in [1.82, 2.24) is 0 Å². The Hall–Kier alpha value is -2.13. The molecule has 104 valence electrons. The van der Waals surface area contributed by atoms with Gasteiger partial charge in [-0.05, 0) is 37.6 Å². The van der Waals surface area contributed by atoms with Crippen LogP contribution in [0.2, 0.25) is 0 Å². The smallest absolute Gasteiger partial charge is 0.196 e. The predicted octanol–water partition coefficient (Wildman–Crippen LogP) is 2.82. The van der Waals surface area contributed by atoms with Gasteiger partial charge in [0.2, 0.25) is 0 Å². The van der Waals surface area contributed by atoms with E-state index >= 15 is 0 Å². The van der Waals surface area contributed by atoms with Gasteiger partial charge in [-0.1, -0.05) is 36.4 Å². The minimum Gasteiger partial charge on any atom is -0.493 e. The molecule has 0 saturated heterocycles. The first-order chi connectivity index (χ1) is 9.76. The van der Waals surface area contributed by atoms with E-state index in [4.69, 9.17) is 10.5 Å². The second-order valence-corrected chi connectivity index (χ2v) is 4.49. The van der Waals surface area contributed by atoms with Crippen LogP contribution in [0, 0.1) is 0 Å². The normalized spacial score (nSPS) is 10.3. The molecular weight excluding hydrogens is 250 g/mol. The molecular formula is C17H19NO2. The number of carbonyl (C=O) groups is 1. The molecule has 0 fully saturated rings. The highest BCUT2D eigenvalue weighted by atomic mass is 16.5. The Morgan fingerprint density at radius 2 is 1.80 bits per heavy atom. The van der Waals surface area contributed by atoms with Crippen molar-refractivity contribution >= 4 is 5.78 Å². The molecule has 0 atom stereocenters. The van der Waals surface area contributed by atoms with Gasteiger partial charge in [-0.2, -0.15) is 0 Å². The van der Waals surface area contributed by atoms with Gasteiger partial charge in [0, 0.05) is 5.56 Å². The van der Waals surface area contributed by atoms with Gasteiger partial charge >= 0.3 is 0 Å². The number of ether oxygens (including phenoxy) is 1. The van der Waals surface area contributed by atoms with Crippen LogP contribution in [0.4, 0.5) is 0 Å². The van der Waals surface area contributed by atoms with Crippen LogP contribution in [-0.2, 0) is 6.42 Å². The molecule has 0 spiro atoms. The largest absolute Gasteiger partial charge is 0.493 e. The molecule has 0 aliphatic rings. The summed E-state index contributed by atoms with van der Waals surface area (Å²) in [5.41, 5.74) is 7.92. The van der Waals surface area contributed by atoms with Gasteiger partial charge < -0.3 is 10.5 Å². The first kappa shape index (κ1) is 14.3. The van der Waals surface area contributed by atoms with Crippen LogP contribution in [0.15, 0.2) is 48.5 Å². The highest BCUT2D eigenvalue weighted by Gasteiger charge is 2.13. The van der Waals surface area contributed by atoms with E-state index in [0.29, 0.717) is 30.0 Å². The number of rotatable bonds is 6. The van der Waals surface area contributed by atoms with Crippen molar-refractivity contribution in [2.45, 2.75) is 13.3 Å². The Kier molecular flexibility index (Phi) is 4.91. The molecule has 0 aliphatic carbocycles. The summed E-state index contributed by atoms with van der Waals surface area (Å²) in [6.07, 6.45) is 0.823. The molecule has 2 rings (SSSR count). The van der Waals surface area contributed by atoms with E-state index < -0.39 is 0 Å². The topological polar surface area (TPSA) is 52.3 Å². The van der Waals surface area contributed by atoms with Gasteiger partial charge in [0.05, 0.1) is 12.2 Å². The Morgan fingerprint density at radius 3 is 2.45 bits per heavy atom. The molecule has 2 aromatic carbocycles. The summed E-state index contributed by atoms with van der Waals surface area (Å²) in [5, 5.41) is 0. The Bertz CT molecular complexity index is 576. The highest BCUT2D eigenvalue weighted by molar-refractivity contribution is 6.10. The van der Waals surface area contributed by atoms with Crippen LogP contribution in [0.1, 0.15) is 28.4 Å². The Labute approximate surface area is 119 Å². The summed E-state index contributed by atoms with van der Waals surface area (Å²) < 4.78 is 5.50. The molecule has 0 aromatic heterocycles. The van der Waals surface area contributed by atoms with Gasteiger partial charge in [-0.3, -0.25) is 4.79 Å². The van der Waals surface area contributed by atoms with E-state index in [1.165, 1.54) is 0 Å². The van der Waals surface area contributed by atoms with E-state index in [0.717, 1.165) is 12.0 Å². The van der Waals surface area contributed by atoms with Gasteiger partial charge in [0.25, 0.3) is 0 Å². The fourth-order valence-corrected chi connectivity index (χ4v) is 2.08. The minimum atomic E-state index is -0.0200. The van der Waals surface area contributed by atoms with Crippen LogP contribution in [0.25, 0.3) is 0 Å². The van der Waals surface area contributed by atoms with Crippen LogP contribution in [-0.4, -0.2) is 18.9 Å². The van der Waals surface area contributed by atoms with Crippen LogP contribution in [0.5, 0.6) is 5.75 Å². The second-order valence-electron chi connectivity index (χ2n) is 4.49. The first-order valence-corrected chi connectivity index (χ1v) is 6.81. The van der Waals surface area contributed by atoms with Crippen LogP contribution in [0.3, 0.4) is 0 Å². The highest BCUT2D eigenvalue weighted by Crippen LogP contribution is 2.21. The fourth-order valence-electron chi connectivity index (χ4n) is 2.08. The molecule has 0 unspecified atom stereocenters. The van der Waals surface area contributed by atoms with Crippen molar-refractivity contribution in [2.24, 2.45) is 5.73 Å². The molecule has 0 radical (unpaired) electrons. The summed E-state index contributed by atoms with van der Waals surface area (Å²) in [5.74, 6) is 0.611. The van der Waals surface area contributed by atoms with E-state index in [-0.39, 0.29) is 5.78 Å². The van der Waals surface area contributed by atoms with Gasteiger partial charge in [0.1, 0.15) is 5.75 Å². The summed E-state index contributed by atoms with van der Waals surface area (Å²) in [6.45, 7) is 3.06. The molecule has 20 heavy (non-hydrogen) atoms. The third-order valence-corrected chi connectivity index (χ3v) is 3.08. The zero-order chi connectivity index (χ0) is 14.4. The van der Waals surface area contributed by atoms with Crippen molar-refractivity contribution in [3.63, 3.8) is 0 Å². The van der Waals surface area contributed by atoms with Crippen LogP contribution < -0.4 is 10.5 Å². The standard InChI is InChI=1S/C17H19NO2/c1-2-20-16-6-4-3-5-15(16)17(19)14-9-7-13(8-10-14)11-12-18/h3-10H,2,11-12,18H2,1H3. The molecule has 0 bridgehead atoms. The van der Waals surface area contributed by atoms with Crippen molar-refractivity contribution < 1.29 is 9.53 Å². The predicted molar refractivity (Wildman–Crippen MR) is 80.2 cm³/mol. The number of para-hydroxylation sites is 1. The third-order valence-electron chi connectivity index (χ3n) is 3.08. The number of ketones is 1. The molecule has 0 saturated carbocycles. The summed E-state index contributed by atoms with van der Waals surface area (Å²) in [7, 11) is 0. The van der Waals surface area contributed by atoms with Crippen molar-refractivity contribution in [3.05, 3.63) is 65.2 Å². The van der Waals surface area contributed by atoms with E-state index in [1.54, 1.807) is 6.07 Å². The van der Waals surface area contributed by atoms with Crippen molar-refractivity contribution in [3.8, 4) is 5.75 Å². The van der Waals surface area contributed by atoms with Crippen LogP contribution >= 0.6 is 0 Å². The lowest BCUT2D eigenvalue weighted by atomic mass is 10.0. The number of hydrogen-bond acceptors (Lipinski definition) is 3. The minimum absolute atomic E-state index is 0.0200. The summed E-state index contributed by atoms with van der Waals surface area (Å²) in [4.78, 5) is 12.5. The summed E-state index contributed by atoms with van der Waals surface area (Å²) in [6, 6.07) is 14.9. The number of nitrogens with two attached hydrogens (primary N) is 1. The van der Waals surface area contributed by atoms with Crippen molar-refractivity contribution in [2.75, 3.05) is 13.2 Å². The van der Waals surface area contributed by atoms with E-state index in [2.05, 4.69) is 0 Å². The Balaban J connectivity index is 2.26. The maximum atomic E-state index is 12.5. The molecule has 3 nitrogen and oxygen atoms in total. The Morgan fingerprint density at radius 1 is 1.10 bits per heavy atom. The van der Waals surface area contributed by atoms with Gasteiger partial charge in [0.15, 0.2) is 5.78 Å². The quantitative estimate of drug-likeness (QED) is 0.820. The van der Waals surface area contributed by atoms with E-state index in [1.807, 2.05) is 49.4 Å². The number of carbonyl (C=O) groups excluding carboxylic acids is 1. The third kappa shape index (κ3) is 3.25. The van der Waals surface area contributed by atoms with E-state index in [9.17, 15) is 4.79 Å². The molecule has 0 amide bonds. The first-order valence-electron chi connectivity index (χ1n) is 6.81. The molecule has 3 heteroatoms. The summed E-state index contributed by atoms with van der Waals surface area (Å²) >= 11 is 0. The molecule has 2 N–H and O–H groups in total. The lowest BCUT2D eigenvalue weighted by Gasteiger charge is -2.09. The maximum Gasteiger partial charge on any atom is 0.196 e. The molecule has 2 aromatic rings. The number of hydrogen-bond donors (Lipinski definition) is 1. The SMILES string of the molecule is CCOc1ccccc1C(=O)c1ccc(CCN)cc1. The zero-order valence-electron chi connectivity index (χ0n) is 11.6. The fraction of sp³-hybridized carbons (Fsp3) is 0.235. The molecule has 0 aliphatic heterocycles. The van der Waals surface area contributed by atoms with Crippen molar-refractivity contribution in [1.29, 1.82) is 0 Å². The monoisotopic (exact) mass is 269 g/mol. The molecule has 0 heterocycles. The lowest BCUT2D eigenvalue weighted by Crippen LogP contribution is -2.06. The van der Waals surface area contributed by atoms with Gasteiger partial charge in [-0.15, -0.1) is 0 Å². The average Bonchev–Trinajstić information content (AvgIpc) is 2.49. The average molecular weight is 269 g/mol. The maximum absolute atomic E-state index is 12.5. The second kappa shape index (κ2) is 6.87.